The number of rotatable bonds is 4. The van der Waals surface area contributed by atoms with Crippen LogP contribution in [0.1, 0.15) is 59.3 Å². The van der Waals surface area contributed by atoms with E-state index in [1.165, 1.54) is 58.2 Å². The van der Waals surface area contributed by atoms with Crippen molar-refractivity contribution in [2.45, 2.75) is 71.4 Å². The molecule has 1 aliphatic carbocycles. The van der Waals surface area contributed by atoms with Gasteiger partial charge in [-0.05, 0) is 31.6 Å². The zero-order valence-electron chi connectivity index (χ0n) is 12.6. The summed E-state index contributed by atoms with van der Waals surface area (Å²) in [7, 11) is 0. The first-order chi connectivity index (χ1) is 8.70. The van der Waals surface area contributed by atoms with E-state index < -0.39 is 0 Å². The molecule has 0 amide bonds. The van der Waals surface area contributed by atoms with Gasteiger partial charge in [0.25, 0.3) is 0 Å². The molecule has 1 saturated heterocycles. The van der Waals surface area contributed by atoms with Crippen molar-refractivity contribution in [2.75, 3.05) is 19.6 Å². The molecule has 0 aromatic carbocycles. The van der Waals surface area contributed by atoms with E-state index in [1.807, 2.05) is 0 Å². The van der Waals surface area contributed by atoms with Crippen molar-refractivity contribution in [1.29, 1.82) is 0 Å². The molecule has 0 radical (unpaired) electrons. The Hall–Kier alpha value is -0.0800. The van der Waals surface area contributed by atoms with Gasteiger partial charge in [-0.2, -0.15) is 0 Å². The minimum atomic E-state index is 0.717. The molecular weight excluding hydrogens is 220 g/mol. The van der Waals surface area contributed by atoms with Crippen LogP contribution >= 0.6 is 0 Å². The molecule has 0 aromatic heterocycles. The van der Waals surface area contributed by atoms with Crippen LogP contribution in [0.2, 0.25) is 0 Å². The first-order valence-electron chi connectivity index (χ1n) is 8.18. The Kier molecular flexibility index (Phi) is 5.50. The number of piperazine rings is 1. The van der Waals surface area contributed by atoms with E-state index in [2.05, 4.69) is 31.0 Å². The summed E-state index contributed by atoms with van der Waals surface area (Å²) in [5.74, 6) is 1.79. The largest absolute Gasteiger partial charge is 0.311 e. The second kappa shape index (κ2) is 6.91. The first kappa shape index (κ1) is 14.3. The Morgan fingerprint density at radius 2 is 1.94 bits per heavy atom. The molecule has 3 unspecified atom stereocenters. The van der Waals surface area contributed by atoms with E-state index in [1.54, 1.807) is 0 Å². The van der Waals surface area contributed by atoms with Gasteiger partial charge in [-0.1, -0.05) is 39.5 Å². The summed E-state index contributed by atoms with van der Waals surface area (Å²) in [6.07, 6.45) is 8.67. The SMILES string of the molecule is CCC(C)C1CN(CC2CCCCC2)C(C)CN1. The van der Waals surface area contributed by atoms with Crippen LogP contribution in [0.25, 0.3) is 0 Å². The third-order valence-electron chi connectivity index (χ3n) is 5.28. The molecule has 2 aliphatic rings. The minimum Gasteiger partial charge on any atom is -0.311 e. The average Bonchev–Trinajstić information content (AvgIpc) is 2.41. The summed E-state index contributed by atoms with van der Waals surface area (Å²) in [4.78, 5) is 2.77. The van der Waals surface area contributed by atoms with Crippen LogP contribution in [-0.4, -0.2) is 36.6 Å². The van der Waals surface area contributed by atoms with Gasteiger partial charge in [0, 0.05) is 31.7 Å². The van der Waals surface area contributed by atoms with Gasteiger partial charge in [0.2, 0.25) is 0 Å². The Balaban J connectivity index is 1.84. The molecule has 1 heterocycles. The highest BCUT2D eigenvalue weighted by Gasteiger charge is 2.29. The lowest BCUT2D eigenvalue weighted by atomic mass is 9.87. The second-order valence-corrected chi connectivity index (χ2v) is 6.71. The fraction of sp³-hybridized carbons (Fsp3) is 1.00. The molecule has 2 heteroatoms. The molecule has 0 bridgehead atoms. The maximum Gasteiger partial charge on any atom is 0.0221 e. The Labute approximate surface area is 114 Å². The van der Waals surface area contributed by atoms with Crippen molar-refractivity contribution >= 4 is 0 Å². The van der Waals surface area contributed by atoms with Crippen LogP contribution in [0, 0.1) is 11.8 Å². The van der Waals surface area contributed by atoms with Gasteiger partial charge in [-0.3, -0.25) is 4.90 Å². The van der Waals surface area contributed by atoms with Crippen LogP contribution in [0.4, 0.5) is 0 Å². The van der Waals surface area contributed by atoms with Crippen molar-refractivity contribution in [3.05, 3.63) is 0 Å². The zero-order valence-corrected chi connectivity index (χ0v) is 12.6. The average molecular weight is 252 g/mol. The third kappa shape index (κ3) is 3.71. The van der Waals surface area contributed by atoms with Gasteiger partial charge in [0.05, 0.1) is 0 Å². The van der Waals surface area contributed by atoms with Gasteiger partial charge < -0.3 is 5.32 Å². The smallest absolute Gasteiger partial charge is 0.0221 e. The molecule has 0 aromatic rings. The first-order valence-corrected chi connectivity index (χ1v) is 8.18. The third-order valence-corrected chi connectivity index (χ3v) is 5.28. The van der Waals surface area contributed by atoms with Crippen LogP contribution in [0.3, 0.4) is 0 Å². The summed E-state index contributed by atoms with van der Waals surface area (Å²) in [6, 6.07) is 1.45. The highest BCUT2D eigenvalue weighted by atomic mass is 15.2. The van der Waals surface area contributed by atoms with Crippen LogP contribution < -0.4 is 5.32 Å². The van der Waals surface area contributed by atoms with Gasteiger partial charge in [0.15, 0.2) is 0 Å². The summed E-state index contributed by atoms with van der Waals surface area (Å²) in [5, 5.41) is 3.75. The monoisotopic (exact) mass is 252 g/mol. The molecule has 1 N–H and O–H groups in total. The summed E-state index contributed by atoms with van der Waals surface area (Å²) in [5.41, 5.74) is 0. The number of nitrogens with zero attached hydrogens (tertiary/aromatic N) is 1. The maximum absolute atomic E-state index is 3.75. The lowest BCUT2D eigenvalue weighted by Gasteiger charge is -2.43. The van der Waals surface area contributed by atoms with Crippen molar-refractivity contribution < 1.29 is 0 Å². The summed E-state index contributed by atoms with van der Waals surface area (Å²) >= 11 is 0. The van der Waals surface area contributed by atoms with E-state index >= 15 is 0 Å². The Morgan fingerprint density at radius 1 is 1.22 bits per heavy atom. The highest BCUT2D eigenvalue weighted by molar-refractivity contribution is 4.87. The molecule has 3 atom stereocenters. The predicted octanol–water partition coefficient (Wildman–Crippen LogP) is 3.28. The standard InChI is InChI=1S/C16H32N2/c1-4-13(2)16-12-18(14(3)10-17-16)11-15-8-6-5-7-9-15/h13-17H,4-12H2,1-3H3. The molecule has 1 aliphatic heterocycles. The summed E-state index contributed by atoms with van der Waals surface area (Å²) in [6.45, 7) is 10.9. The van der Waals surface area contributed by atoms with E-state index in [9.17, 15) is 0 Å². The Bertz CT molecular complexity index is 233. The fourth-order valence-corrected chi connectivity index (χ4v) is 3.57. The van der Waals surface area contributed by atoms with E-state index in [0.29, 0.717) is 0 Å². The molecule has 106 valence electrons. The minimum absolute atomic E-state index is 0.717. The van der Waals surface area contributed by atoms with Crippen molar-refractivity contribution in [2.24, 2.45) is 11.8 Å². The lowest BCUT2D eigenvalue weighted by Crippen LogP contribution is -2.58. The maximum atomic E-state index is 3.75. The molecule has 2 rings (SSSR count). The van der Waals surface area contributed by atoms with Gasteiger partial charge in [-0.15, -0.1) is 0 Å². The van der Waals surface area contributed by atoms with Crippen LogP contribution in [-0.2, 0) is 0 Å². The zero-order chi connectivity index (χ0) is 13.0. The van der Waals surface area contributed by atoms with Crippen molar-refractivity contribution in [3.63, 3.8) is 0 Å². The van der Waals surface area contributed by atoms with Crippen LogP contribution in [0.5, 0.6) is 0 Å². The lowest BCUT2D eigenvalue weighted by molar-refractivity contribution is 0.0923. The number of hydrogen-bond acceptors (Lipinski definition) is 2. The second-order valence-electron chi connectivity index (χ2n) is 6.71. The predicted molar refractivity (Wildman–Crippen MR) is 78.9 cm³/mol. The number of hydrogen-bond donors (Lipinski definition) is 1. The van der Waals surface area contributed by atoms with E-state index in [0.717, 1.165) is 23.9 Å². The molecule has 18 heavy (non-hydrogen) atoms. The van der Waals surface area contributed by atoms with Gasteiger partial charge in [0.1, 0.15) is 0 Å². The Morgan fingerprint density at radius 3 is 2.61 bits per heavy atom. The molecule has 1 saturated carbocycles. The normalized spacial score (nSPS) is 33.5. The van der Waals surface area contributed by atoms with E-state index in [-0.39, 0.29) is 0 Å². The molecule has 2 nitrogen and oxygen atoms in total. The van der Waals surface area contributed by atoms with Crippen molar-refractivity contribution in [3.8, 4) is 0 Å². The quantitative estimate of drug-likeness (QED) is 0.826. The topological polar surface area (TPSA) is 15.3 Å². The van der Waals surface area contributed by atoms with Crippen LogP contribution in [0.15, 0.2) is 0 Å². The summed E-state index contributed by atoms with van der Waals surface area (Å²) < 4.78 is 0. The van der Waals surface area contributed by atoms with Gasteiger partial charge in [-0.25, -0.2) is 0 Å². The van der Waals surface area contributed by atoms with Crippen molar-refractivity contribution in [1.82, 2.24) is 10.2 Å². The molecular formula is C16H32N2. The highest BCUT2D eigenvalue weighted by Crippen LogP contribution is 2.26. The molecule has 2 fully saturated rings. The molecule has 0 spiro atoms. The van der Waals surface area contributed by atoms with Gasteiger partial charge >= 0.3 is 0 Å². The van der Waals surface area contributed by atoms with E-state index in [4.69, 9.17) is 0 Å². The number of nitrogens with one attached hydrogen (secondary N) is 1. The fourth-order valence-electron chi connectivity index (χ4n) is 3.57.